The average Bonchev–Trinajstić information content (AvgIpc) is 2.49. The van der Waals surface area contributed by atoms with Crippen molar-refractivity contribution in [1.82, 2.24) is 4.90 Å². The van der Waals surface area contributed by atoms with Crippen molar-refractivity contribution in [3.05, 3.63) is 71.8 Å². The number of rotatable bonds is 6. The Balaban J connectivity index is 2.44. The Bertz CT molecular complexity index is 577. The van der Waals surface area contributed by atoms with E-state index in [1.165, 1.54) is 0 Å². The lowest BCUT2D eigenvalue weighted by molar-refractivity contribution is -0.138. The van der Waals surface area contributed by atoms with Crippen LogP contribution in [0, 0.1) is 12.3 Å². The van der Waals surface area contributed by atoms with Crippen molar-refractivity contribution in [3.63, 3.8) is 0 Å². The zero-order chi connectivity index (χ0) is 15.1. The van der Waals surface area contributed by atoms with Crippen LogP contribution in [0.25, 0.3) is 0 Å². The lowest BCUT2D eigenvalue weighted by Gasteiger charge is -2.29. The molecule has 0 amide bonds. The van der Waals surface area contributed by atoms with Gasteiger partial charge >= 0.3 is 5.97 Å². The molecule has 0 spiro atoms. The summed E-state index contributed by atoms with van der Waals surface area (Å²) in [5, 5.41) is 9.14. The molecule has 0 fully saturated rings. The van der Waals surface area contributed by atoms with Gasteiger partial charge in [0.1, 0.15) is 0 Å². The number of aliphatic carboxylic acids is 1. The minimum Gasteiger partial charge on any atom is -0.480 e. The lowest BCUT2D eigenvalue weighted by atomic mass is 9.97. The van der Waals surface area contributed by atoms with Gasteiger partial charge in [-0.15, -0.1) is 6.42 Å². The van der Waals surface area contributed by atoms with Crippen molar-refractivity contribution in [1.29, 1.82) is 0 Å². The molecule has 3 heteroatoms. The first-order valence-corrected chi connectivity index (χ1v) is 6.71. The van der Waals surface area contributed by atoms with Crippen LogP contribution in [-0.2, 0) is 4.79 Å². The molecule has 2 aromatic rings. The molecule has 0 radical (unpaired) electrons. The monoisotopic (exact) mass is 279 g/mol. The summed E-state index contributed by atoms with van der Waals surface area (Å²) >= 11 is 0. The summed E-state index contributed by atoms with van der Waals surface area (Å²) in [6.45, 7) is 0.180. The standard InChI is InChI=1S/C18H17NO2/c1-2-13-19(14-17(20)21)18(15-9-5-3-6-10-15)16-11-7-4-8-12-16/h1,3-12,18H,13-14H2,(H,20,21). The predicted octanol–water partition coefficient (Wildman–Crippen LogP) is 2.80. The number of nitrogens with zero attached hydrogens (tertiary/aromatic N) is 1. The lowest BCUT2D eigenvalue weighted by Crippen LogP contribution is -2.34. The normalized spacial score (nSPS) is 10.5. The molecular formula is C18H17NO2. The summed E-state index contributed by atoms with van der Waals surface area (Å²) in [6, 6.07) is 19.4. The van der Waals surface area contributed by atoms with Gasteiger partial charge in [0.15, 0.2) is 0 Å². The Morgan fingerprint density at radius 1 is 1.05 bits per heavy atom. The van der Waals surface area contributed by atoms with Gasteiger partial charge in [0.05, 0.1) is 19.1 Å². The predicted molar refractivity (Wildman–Crippen MR) is 82.8 cm³/mol. The summed E-state index contributed by atoms with van der Waals surface area (Å²) < 4.78 is 0. The summed E-state index contributed by atoms with van der Waals surface area (Å²) in [5.74, 6) is 1.67. The second-order valence-corrected chi connectivity index (χ2v) is 4.73. The van der Waals surface area contributed by atoms with Crippen molar-refractivity contribution in [3.8, 4) is 12.3 Å². The molecule has 1 N–H and O–H groups in total. The number of carboxylic acids is 1. The van der Waals surface area contributed by atoms with Crippen LogP contribution in [-0.4, -0.2) is 29.1 Å². The van der Waals surface area contributed by atoms with Crippen molar-refractivity contribution < 1.29 is 9.90 Å². The van der Waals surface area contributed by atoms with Gasteiger partial charge in [-0.1, -0.05) is 66.6 Å². The molecule has 2 rings (SSSR count). The Hall–Kier alpha value is -2.57. The first-order valence-electron chi connectivity index (χ1n) is 6.71. The first-order chi connectivity index (χ1) is 10.2. The number of hydrogen-bond donors (Lipinski definition) is 1. The summed E-state index contributed by atoms with van der Waals surface area (Å²) in [6.07, 6.45) is 5.41. The van der Waals surface area contributed by atoms with Gasteiger partial charge in [0.25, 0.3) is 0 Å². The van der Waals surface area contributed by atoms with Crippen LogP contribution >= 0.6 is 0 Å². The van der Waals surface area contributed by atoms with E-state index in [4.69, 9.17) is 11.5 Å². The van der Waals surface area contributed by atoms with Crippen LogP contribution < -0.4 is 0 Å². The Morgan fingerprint density at radius 3 is 1.90 bits per heavy atom. The summed E-state index contributed by atoms with van der Waals surface area (Å²) in [4.78, 5) is 12.9. The molecule has 0 saturated carbocycles. The molecule has 0 aliphatic heterocycles. The fraction of sp³-hybridized carbons (Fsp3) is 0.167. The van der Waals surface area contributed by atoms with E-state index in [1.54, 1.807) is 4.90 Å². The van der Waals surface area contributed by atoms with Gasteiger partial charge in [-0.3, -0.25) is 9.69 Å². The van der Waals surface area contributed by atoms with Gasteiger partial charge in [-0.05, 0) is 11.1 Å². The van der Waals surface area contributed by atoms with E-state index in [2.05, 4.69) is 5.92 Å². The van der Waals surface area contributed by atoms with Gasteiger partial charge in [-0.25, -0.2) is 0 Å². The van der Waals surface area contributed by atoms with E-state index >= 15 is 0 Å². The number of carboxylic acid groups (broad SMARTS) is 1. The molecule has 0 aromatic heterocycles. The molecule has 0 heterocycles. The highest BCUT2D eigenvalue weighted by molar-refractivity contribution is 5.69. The van der Waals surface area contributed by atoms with E-state index < -0.39 is 5.97 Å². The minimum absolute atomic E-state index is 0.0986. The van der Waals surface area contributed by atoms with Crippen molar-refractivity contribution in [2.75, 3.05) is 13.1 Å². The SMILES string of the molecule is C#CCN(CC(=O)O)C(c1ccccc1)c1ccccc1. The highest BCUT2D eigenvalue weighted by Gasteiger charge is 2.23. The second-order valence-electron chi connectivity index (χ2n) is 4.73. The van der Waals surface area contributed by atoms with Crippen LogP contribution in [0.3, 0.4) is 0 Å². The average molecular weight is 279 g/mol. The molecule has 2 aromatic carbocycles. The van der Waals surface area contributed by atoms with Gasteiger partial charge in [0, 0.05) is 0 Å². The summed E-state index contributed by atoms with van der Waals surface area (Å²) in [5.41, 5.74) is 2.06. The molecular weight excluding hydrogens is 262 g/mol. The number of benzene rings is 2. The van der Waals surface area contributed by atoms with E-state index in [0.717, 1.165) is 11.1 Å². The van der Waals surface area contributed by atoms with E-state index in [-0.39, 0.29) is 19.1 Å². The number of terminal acetylenes is 1. The van der Waals surface area contributed by atoms with Crippen LogP contribution in [0.5, 0.6) is 0 Å². The zero-order valence-electron chi connectivity index (χ0n) is 11.6. The Kier molecular flexibility index (Phi) is 5.14. The van der Waals surface area contributed by atoms with E-state index in [1.807, 2.05) is 60.7 Å². The number of hydrogen-bond acceptors (Lipinski definition) is 2. The smallest absolute Gasteiger partial charge is 0.317 e. The highest BCUT2D eigenvalue weighted by Crippen LogP contribution is 2.28. The molecule has 0 saturated heterocycles. The zero-order valence-corrected chi connectivity index (χ0v) is 11.6. The van der Waals surface area contributed by atoms with Crippen LogP contribution in [0.15, 0.2) is 60.7 Å². The molecule has 0 aliphatic rings. The minimum atomic E-state index is -0.887. The number of carbonyl (C=O) groups is 1. The van der Waals surface area contributed by atoms with Gasteiger partial charge in [-0.2, -0.15) is 0 Å². The quantitative estimate of drug-likeness (QED) is 0.827. The van der Waals surface area contributed by atoms with Gasteiger partial charge in [0.2, 0.25) is 0 Å². The maximum absolute atomic E-state index is 11.1. The van der Waals surface area contributed by atoms with Gasteiger partial charge < -0.3 is 5.11 Å². The van der Waals surface area contributed by atoms with Crippen LogP contribution in [0.4, 0.5) is 0 Å². The maximum atomic E-state index is 11.1. The first kappa shape index (κ1) is 14.8. The third kappa shape index (κ3) is 3.95. The Morgan fingerprint density at radius 2 is 1.52 bits per heavy atom. The molecule has 106 valence electrons. The molecule has 3 nitrogen and oxygen atoms in total. The van der Waals surface area contributed by atoms with Crippen molar-refractivity contribution in [2.45, 2.75) is 6.04 Å². The molecule has 0 unspecified atom stereocenters. The second kappa shape index (κ2) is 7.28. The molecule has 0 bridgehead atoms. The topological polar surface area (TPSA) is 40.5 Å². The van der Waals surface area contributed by atoms with Crippen molar-refractivity contribution >= 4 is 5.97 Å². The third-order valence-electron chi connectivity index (χ3n) is 3.23. The molecule has 0 aliphatic carbocycles. The van der Waals surface area contributed by atoms with Crippen LogP contribution in [0.2, 0.25) is 0 Å². The largest absolute Gasteiger partial charge is 0.480 e. The van der Waals surface area contributed by atoms with Crippen molar-refractivity contribution in [2.24, 2.45) is 0 Å². The summed E-state index contributed by atoms with van der Waals surface area (Å²) in [7, 11) is 0. The third-order valence-corrected chi connectivity index (χ3v) is 3.23. The maximum Gasteiger partial charge on any atom is 0.317 e. The van der Waals surface area contributed by atoms with Crippen LogP contribution in [0.1, 0.15) is 17.2 Å². The van der Waals surface area contributed by atoms with E-state index in [9.17, 15) is 4.79 Å². The fourth-order valence-electron chi connectivity index (χ4n) is 2.41. The van der Waals surface area contributed by atoms with E-state index in [0.29, 0.717) is 0 Å². The molecule has 0 atom stereocenters. The Labute approximate surface area is 124 Å². The molecule has 21 heavy (non-hydrogen) atoms. The highest BCUT2D eigenvalue weighted by atomic mass is 16.4. The fourth-order valence-corrected chi connectivity index (χ4v) is 2.41.